The summed E-state index contributed by atoms with van der Waals surface area (Å²) >= 11 is 6.12. The minimum Gasteiger partial charge on any atom is -0.495 e. The first kappa shape index (κ1) is 21.5. The van der Waals surface area contributed by atoms with Gasteiger partial charge in [0.15, 0.2) is 0 Å². The number of rotatable bonds is 6. The van der Waals surface area contributed by atoms with Crippen LogP contribution in [0.1, 0.15) is 0 Å². The lowest BCUT2D eigenvalue weighted by Crippen LogP contribution is -2.28. The summed E-state index contributed by atoms with van der Waals surface area (Å²) in [4.78, 5) is 30.5. The van der Waals surface area contributed by atoms with Crippen molar-refractivity contribution in [2.45, 2.75) is 6.54 Å². The van der Waals surface area contributed by atoms with E-state index in [9.17, 15) is 9.59 Å². The molecule has 2 heterocycles. The summed E-state index contributed by atoms with van der Waals surface area (Å²) < 4.78 is 13.5. The number of hydrogen-bond donors (Lipinski definition) is 1. The Morgan fingerprint density at radius 3 is 2.59 bits per heavy atom. The lowest BCUT2D eigenvalue weighted by molar-refractivity contribution is -0.117. The zero-order chi connectivity index (χ0) is 23.7. The SMILES string of the molecule is COc1ccc(NC(=O)Cn2nc3c(Oc4ccccc4)nc4ccccc4n3c2=O)cc1Cl. The maximum atomic E-state index is 13.2. The first-order valence-corrected chi connectivity index (χ1v) is 10.7. The van der Waals surface area contributed by atoms with E-state index in [-0.39, 0.29) is 18.1 Å². The summed E-state index contributed by atoms with van der Waals surface area (Å²) in [6, 6.07) is 21.1. The van der Waals surface area contributed by atoms with Gasteiger partial charge in [0.25, 0.3) is 5.88 Å². The fraction of sp³-hybridized carbons (Fsp3) is 0.0833. The lowest BCUT2D eigenvalue weighted by Gasteiger charge is -2.07. The van der Waals surface area contributed by atoms with Crippen LogP contribution in [-0.4, -0.2) is 32.2 Å². The van der Waals surface area contributed by atoms with Gasteiger partial charge in [-0.3, -0.25) is 4.79 Å². The molecule has 0 bridgehead atoms. The number of hydrogen-bond acceptors (Lipinski definition) is 6. The predicted molar refractivity (Wildman–Crippen MR) is 128 cm³/mol. The first-order valence-electron chi connectivity index (χ1n) is 10.3. The van der Waals surface area contributed by atoms with E-state index in [2.05, 4.69) is 15.4 Å². The number of halogens is 1. The van der Waals surface area contributed by atoms with Crippen molar-refractivity contribution in [1.29, 1.82) is 0 Å². The van der Waals surface area contributed by atoms with E-state index in [0.717, 1.165) is 4.68 Å². The lowest BCUT2D eigenvalue weighted by atomic mass is 10.3. The summed E-state index contributed by atoms with van der Waals surface area (Å²) in [6.07, 6.45) is 0. The van der Waals surface area contributed by atoms with Gasteiger partial charge in [-0.05, 0) is 42.5 Å². The summed E-state index contributed by atoms with van der Waals surface area (Å²) in [5.74, 6) is 0.738. The number of ether oxygens (including phenoxy) is 2. The van der Waals surface area contributed by atoms with Crippen LogP contribution in [0.25, 0.3) is 16.7 Å². The van der Waals surface area contributed by atoms with Crippen molar-refractivity contribution in [3.63, 3.8) is 0 Å². The van der Waals surface area contributed by atoms with Gasteiger partial charge in [0.05, 0.1) is 23.2 Å². The molecule has 0 saturated carbocycles. The fourth-order valence-corrected chi connectivity index (χ4v) is 3.78. The molecule has 0 aliphatic rings. The summed E-state index contributed by atoms with van der Waals surface area (Å²) in [6.45, 7) is -0.316. The standard InChI is InChI=1S/C24H18ClN5O4/c1-33-20-12-11-15(13-17(20)25)26-21(31)14-29-24(32)30-19-10-6-5-9-18(19)27-23(22(30)28-29)34-16-7-3-2-4-8-16/h2-13H,14H2,1H3,(H,26,31). The summed E-state index contributed by atoms with van der Waals surface area (Å²) in [7, 11) is 1.50. The molecule has 170 valence electrons. The molecule has 0 saturated heterocycles. The highest BCUT2D eigenvalue weighted by atomic mass is 35.5. The molecule has 0 fully saturated rings. The zero-order valence-corrected chi connectivity index (χ0v) is 18.7. The van der Waals surface area contributed by atoms with E-state index >= 15 is 0 Å². The number of aromatic nitrogens is 4. The van der Waals surface area contributed by atoms with Crippen molar-refractivity contribution in [3.8, 4) is 17.4 Å². The Bertz CT molecular complexity index is 1580. The monoisotopic (exact) mass is 475 g/mol. The van der Waals surface area contributed by atoms with Crippen molar-refractivity contribution in [3.05, 3.63) is 88.3 Å². The average molecular weight is 476 g/mol. The van der Waals surface area contributed by atoms with Crippen LogP contribution >= 0.6 is 11.6 Å². The number of para-hydroxylation sites is 3. The molecule has 9 nitrogen and oxygen atoms in total. The van der Waals surface area contributed by atoms with Crippen molar-refractivity contribution < 1.29 is 14.3 Å². The molecule has 2 aromatic heterocycles. The van der Waals surface area contributed by atoms with E-state index in [1.807, 2.05) is 24.3 Å². The number of benzene rings is 3. The maximum absolute atomic E-state index is 13.2. The molecule has 5 rings (SSSR count). The Kier molecular flexibility index (Phi) is 5.60. The van der Waals surface area contributed by atoms with Crippen LogP contribution in [0, 0.1) is 0 Å². The van der Waals surface area contributed by atoms with Gasteiger partial charge in [0.2, 0.25) is 11.6 Å². The van der Waals surface area contributed by atoms with Crippen LogP contribution in [0.4, 0.5) is 5.69 Å². The topological polar surface area (TPSA) is 99.8 Å². The highest BCUT2D eigenvalue weighted by Crippen LogP contribution is 2.28. The molecule has 0 aliphatic heterocycles. The molecule has 0 spiro atoms. The smallest absolute Gasteiger partial charge is 0.351 e. The average Bonchev–Trinajstić information content (AvgIpc) is 3.16. The van der Waals surface area contributed by atoms with Gasteiger partial charge in [0, 0.05) is 5.69 Å². The second-order valence-corrected chi connectivity index (χ2v) is 7.72. The number of fused-ring (bicyclic) bond motifs is 3. The Morgan fingerprint density at radius 1 is 1.06 bits per heavy atom. The third-order valence-electron chi connectivity index (χ3n) is 5.06. The number of carbonyl (C=O) groups is 1. The molecule has 34 heavy (non-hydrogen) atoms. The largest absolute Gasteiger partial charge is 0.495 e. The molecular weight excluding hydrogens is 458 g/mol. The Hall–Kier alpha value is -4.37. The van der Waals surface area contributed by atoms with E-state index in [1.165, 1.54) is 11.5 Å². The maximum Gasteiger partial charge on any atom is 0.351 e. The second-order valence-electron chi connectivity index (χ2n) is 7.32. The second kappa shape index (κ2) is 8.87. The van der Waals surface area contributed by atoms with Gasteiger partial charge in [-0.15, -0.1) is 5.10 Å². The van der Waals surface area contributed by atoms with Crippen LogP contribution in [-0.2, 0) is 11.3 Å². The molecular formula is C24H18ClN5O4. The quantitative estimate of drug-likeness (QED) is 0.396. The van der Waals surface area contributed by atoms with Crippen molar-refractivity contribution >= 4 is 39.9 Å². The highest BCUT2D eigenvalue weighted by molar-refractivity contribution is 6.32. The van der Waals surface area contributed by atoms with Crippen molar-refractivity contribution in [1.82, 2.24) is 19.2 Å². The zero-order valence-electron chi connectivity index (χ0n) is 17.9. The minimum atomic E-state index is -0.491. The van der Waals surface area contributed by atoms with Crippen LogP contribution in [0.15, 0.2) is 77.6 Å². The van der Waals surface area contributed by atoms with Crippen LogP contribution in [0.5, 0.6) is 17.4 Å². The van der Waals surface area contributed by atoms with E-state index in [0.29, 0.717) is 33.2 Å². The molecule has 0 unspecified atom stereocenters. The molecule has 1 N–H and O–H groups in total. The van der Waals surface area contributed by atoms with E-state index in [4.69, 9.17) is 21.1 Å². The van der Waals surface area contributed by atoms with Crippen LogP contribution in [0.3, 0.4) is 0 Å². The number of anilines is 1. The molecule has 1 amide bonds. The van der Waals surface area contributed by atoms with E-state index < -0.39 is 11.6 Å². The third-order valence-corrected chi connectivity index (χ3v) is 5.36. The number of nitrogens with zero attached hydrogens (tertiary/aromatic N) is 4. The van der Waals surface area contributed by atoms with Crippen LogP contribution in [0.2, 0.25) is 5.02 Å². The molecule has 0 radical (unpaired) electrons. The minimum absolute atomic E-state index is 0.156. The highest BCUT2D eigenvalue weighted by Gasteiger charge is 2.19. The Morgan fingerprint density at radius 2 is 1.82 bits per heavy atom. The molecule has 3 aromatic carbocycles. The summed E-state index contributed by atoms with van der Waals surface area (Å²) in [5, 5.41) is 7.42. The normalized spacial score (nSPS) is 11.0. The van der Waals surface area contributed by atoms with Gasteiger partial charge in [-0.25, -0.2) is 18.9 Å². The van der Waals surface area contributed by atoms with Gasteiger partial charge in [-0.2, -0.15) is 0 Å². The predicted octanol–water partition coefficient (Wildman–Crippen LogP) is 4.14. The van der Waals surface area contributed by atoms with Gasteiger partial charge >= 0.3 is 5.69 Å². The Balaban J connectivity index is 1.52. The number of nitrogens with one attached hydrogen (secondary N) is 1. The Labute approximate surface area is 198 Å². The van der Waals surface area contributed by atoms with Crippen molar-refractivity contribution in [2.24, 2.45) is 0 Å². The van der Waals surface area contributed by atoms with Crippen molar-refractivity contribution in [2.75, 3.05) is 12.4 Å². The van der Waals surface area contributed by atoms with Gasteiger partial charge < -0.3 is 14.8 Å². The number of methoxy groups -OCH3 is 1. The number of carbonyl (C=O) groups excluding carboxylic acids is 1. The molecule has 5 aromatic rings. The van der Waals surface area contributed by atoms with Gasteiger partial charge in [0.1, 0.15) is 18.0 Å². The fourth-order valence-electron chi connectivity index (χ4n) is 3.52. The number of amides is 1. The van der Waals surface area contributed by atoms with Crippen LogP contribution < -0.4 is 20.5 Å². The first-order chi connectivity index (χ1) is 16.5. The van der Waals surface area contributed by atoms with E-state index in [1.54, 1.807) is 48.5 Å². The molecule has 0 atom stereocenters. The molecule has 10 heteroatoms. The van der Waals surface area contributed by atoms with Gasteiger partial charge in [-0.1, -0.05) is 41.9 Å². The molecule has 0 aliphatic carbocycles. The third kappa shape index (κ3) is 4.04. The summed E-state index contributed by atoms with van der Waals surface area (Å²) in [5.41, 5.74) is 1.28.